The molecule has 0 fully saturated rings. The fourth-order valence-electron chi connectivity index (χ4n) is 2.10. The quantitative estimate of drug-likeness (QED) is 0.929. The molecule has 0 bridgehead atoms. The van der Waals surface area contributed by atoms with Crippen molar-refractivity contribution in [1.29, 1.82) is 0 Å². The summed E-state index contributed by atoms with van der Waals surface area (Å²) in [5.41, 5.74) is 8.46. The number of pyridine rings is 1. The Morgan fingerprint density at radius 1 is 1.21 bits per heavy atom. The molecule has 1 aromatic carbocycles. The lowest BCUT2D eigenvalue weighted by molar-refractivity contribution is 0.402. The van der Waals surface area contributed by atoms with Gasteiger partial charge in [-0.1, -0.05) is 24.6 Å². The maximum Gasteiger partial charge on any atom is 0.125 e. The molecule has 0 saturated carbocycles. The number of rotatable bonds is 4. The molecule has 0 amide bonds. The third-order valence-electron chi connectivity index (χ3n) is 3.33. The van der Waals surface area contributed by atoms with Gasteiger partial charge in [-0.15, -0.1) is 0 Å². The highest BCUT2D eigenvalue weighted by Gasteiger charge is 2.20. The van der Waals surface area contributed by atoms with Crippen LogP contribution >= 0.6 is 11.6 Å². The minimum atomic E-state index is -0.158. The molecule has 0 radical (unpaired) electrons. The Balaban J connectivity index is 2.31. The molecule has 0 spiro atoms. The zero-order valence-corrected chi connectivity index (χ0v) is 11.8. The predicted octanol–water partition coefficient (Wildman–Crippen LogP) is 3.55. The molecule has 0 aliphatic carbocycles. The van der Waals surface area contributed by atoms with Gasteiger partial charge in [-0.05, 0) is 29.8 Å². The van der Waals surface area contributed by atoms with Gasteiger partial charge in [0.15, 0.2) is 0 Å². The van der Waals surface area contributed by atoms with Crippen molar-refractivity contribution in [1.82, 2.24) is 4.98 Å². The van der Waals surface area contributed by atoms with Crippen molar-refractivity contribution in [3.05, 3.63) is 58.9 Å². The molecule has 0 aliphatic heterocycles. The average molecular weight is 277 g/mol. The lowest BCUT2D eigenvalue weighted by Crippen LogP contribution is -2.18. The van der Waals surface area contributed by atoms with Gasteiger partial charge in [0.2, 0.25) is 0 Å². The zero-order valence-electron chi connectivity index (χ0n) is 11.0. The lowest BCUT2D eigenvalue weighted by atomic mass is 9.89. The van der Waals surface area contributed by atoms with E-state index >= 15 is 0 Å². The number of hydrogen-bond acceptors (Lipinski definition) is 3. The Hall–Kier alpha value is -1.58. The third-order valence-corrected chi connectivity index (χ3v) is 3.56. The number of ether oxygens (including phenoxy) is 1. The molecule has 2 rings (SSSR count). The van der Waals surface area contributed by atoms with Crippen LogP contribution in [-0.4, -0.2) is 12.1 Å². The van der Waals surface area contributed by atoms with E-state index in [1.54, 1.807) is 25.6 Å². The lowest BCUT2D eigenvalue weighted by Gasteiger charge is -2.22. The topological polar surface area (TPSA) is 48.1 Å². The summed E-state index contributed by atoms with van der Waals surface area (Å²) in [6.45, 7) is 2.09. The van der Waals surface area contributed by atoms with Crippen molar-refractivity contribution in [3.8, 4) is 5.75 Å². The maximum absolute atomic E-state index is 6.35. The highest BCUT2D eigenvalue weighted by molar-refractivity contribution is 6.30. The average Bonchev–Trinajstić information content (AvgIpc) is 2.46. The SMILES string of the molecule is COc1cc(Cl)ccc1C(N)C(C)c1ccncc1. The molecule has 0 saturated heterocycles. The molecule has 3 nitrogen and oxygen atoms in total. The third kappa shape index (κ3) is 3.06. The molecule has 100 valence electrons. The number of benzene rings is 1. The molecule has 19 heavy (non-hydrogen) atoms. The molecular formula is C15H17ClN2O. The first-order valence-corrected chi connectivity index (χ1v) is 6.50. The number of nitrogens with two attached hydrogens (primary N) is 1. The van der Waals surface area contributed by atoms with Gasteiger partial charge >= 0.3 is 0 Å². The number of methoxy groups -OCH3 is 1. The van der Waals surface area contributed by atoms with Crippen LogP contribution in [-0.2, 0) is 0 Å². The van der Waals surface area contributed by atoms with Crippen LogP contribution in [0, 0.1) is 0 Å². The number of aromatic nitrogens is 1. The summed E-state index contributed by atoms with van der Waals surface area (Å²) in [6.07, 6.45) is 3.55. The van der Waals surface area contributed by atoms with Crippen LogP contribution in [0.3, 0.4) is 0 Å². The molecule has 2 aromatic rings. The fourth-order valence-corrected chi connectivity index (χ4v) is 2.27. The van der Waals surface area contributed by atoms with Crippen molar-refractivity contribution in [3.63, 3.8) is 0 Å². The second-order valence-corrected chi connectivity index (χ2v) is 4.92. The summed E-state index contributed by atoms with van der Waals surface area (Å²) in [7, 11) is 1.62. The van der Waals surface area contributed by atoms with Crippen LogP contribution in [0.2, 0.25) is 5.02 Å². The molecule has 4 heteroatoms. The molecule has 2 N–H and O–H groups in total. The maximum atomic E-state index is 6.35. The van der Waals surface area contributed by atoms with Gasteiger partial charge in [0.1, 0.15) is 5.75 Å². The van der Waals surface area contributed by atoms with Crippen LogP contribution in [0.1, 0.15) is 30.0 Å². The molecule has 2 unspecified atom stereocenters. The van der Waals surface area contributed by atoms with Crippen LogP contribution < -0.4 is 10.5 Å². The summed E-state index contributed by atoms with van der Waals surface area (Å²) in [4.78, 5) is 4.02. The van der Waals surface area contributed by atoms with Gasteiger partial charge in [-0.2, -0.15) is 0 Å². The van der Waals surface area contributed by atoms with Gasteiger partial charge in [0.25, 0.3) is 0 Å². The largest absolute Gasteiger partial charge is 0.496 e. The zero-order chi connectivity index (χ0) is 13.8. The van der Waals surface area contributed by atoms with E-state index < -0.39 is 0 Å². The van der Waals surface area contributed by atoms with Crippen molar-refractivity contribution in [2.75, 3.05) is 7.11 Å². The van der Waals surface area contributed by atoms with Gasteiger partial charge in [0, 0.05) is 34.9 Å². The number of nitrogens with zero attached hydrogens (tertiary/aromatic N) is 1. The molecule has 1 heterocycles. The number of hydrogen-bond donors (Lipinski definition) is 1. The second-order valence-electron chi connectivity index (χ2n) is 4.48. The summed E-state index contributed by atoms with van der Waals surface area (Å²) >= 11 is 5.97. The van der Waals surface area contributed by atoms with E-state index in [4.69, 9.17) is 22.1 Å². The van der Waals surface area contributed by atoms with Gasteiger partial charge < -0.3 is 10.5 Å². The Labute approximate surface area is 118 Å². The Bertz CT molecular complexity index is 545. The highest BCUT2D eigenvalue weighted by Crippen LogP contribution is 2.34. The van der Waals surface area contributed by atoms with Crippen LogP contribution in [0.5, 0.6) is 5.75 Å². The Morgan fingerprint density at radius 3 is 2.53 bits per heavy atom. The van der Waals surface area contributed by atoms with Crippen molar-refractivity contribution in [2.24, 2.45) is 5.73 Å². The number of halogens is 1. The van der Waals surface area contributed by atoms with E-state index in [0.717, 1.165) is 16.9 Å². The van der Waals surface area contributed by atoms with Gasteiger partial charge in [-0.25, -0.2) is 0 Å². The first-order chi connectivity index (χ1) is 9.13. The van der Waals surface area contributed by atoms with E-state index in [-0.39, 0.29) is 12.0 Å². The molecule has 2 atom stereocenters. The summed E-state index contributed by atoms with van der Waals surface area (Å²) in [6, 6.07) is 9.34. The van der Waals surface area contributed by atoms with Crippen LogP contribution in [0.25, 0.3) is 0 Å². The van der Waals surface area contributed by atoms with E-state index in [0.29, 0.717) is 5.02 Å². The van der Waals surface area contributed by atoms with Crippen molar-refractivity contribution in [2.45, 2.75) is 18.9 Å². The van der Waals surface area contributed by atoms with Gasteiger partial charge in [-0.3, -0.25) is 4.98 Å². The normalized spacial score (nSPS) is 13.9. The van der Waals surface area contributed by atoms with E-state index in [9.17, 15) is 0 Å². The minimum Gasteiger partial charge on any atom is -0.496 e. The smallest absolute Gasteiger partial charge is 0.125 e. The predicted molar refractivity (Wildman–Crippen MR) is 77.6 cm³/mol. The molecule has 0 aliphatic rings. The first kappa shape index (κ1) is 13.8. The summed E-state index contributed by atoms with van der Waals surface area (Å²) < 4.78 is 5.36. The van der Waals surface area contributed by atoms with E-state index in [1.807, 2.05) is 24.3 Å². The Morgan fingerprint density at radius 2 is 1.89 bits per heavy atom. The molecule has 1 aromatic heterocycles. The monoisotopic (exact) mass is 276 g/mol. The summed E-state index contributed by atoms with van der Waals surface area (Å²) in [5, 5.41) is 0.643. The first-order valence-electron chi connectivity index (χ1n) is 6.12. The van der Waals surface area contributed by atoms with Crippen LogP contribution in [0.4, 0.5) is 0 Å². The van der Waals surface area contributed by atoms with E-state index in [2.05, 4.69) is 11.9 Å². The minimum absolute atomic E-state index is 0.158. The van der Waals surface area contributed by atoms with Crippen LogP contribution in [0.15, 0.2) is 42.7 Å². The second kappa shape index (κ2) is 6.04. The van der Waals surface area contributed by atoms with Crippen molar-refractivity contribution < 1.29 is 4.74 Å². The Kier molecular flexibility index (Phi) is 4.40. The standard InChI is InChI=1S/C15H17ClN2O/c1-10(11-5-7-18-8-6-11)15(17)13-4-3-12(16)9-14(13)19-2/h3-10,15H,17H2,1-2H3. The summed E-state index contributed by atoms with van der Waals surface area (Å²) in [5.74, 6) is 0.888. The van der Waals surface area contributed by atoms with Gasteiger partial charge in [0.05, 0.1) is 7.11 Å². The highest BCUT2D eigenvalue weighted by atomic mass is 35.5. The fraction of sp³-hybridized carbons (Fsp3) is 0.267. The van der Waals surface area contributed by atoms with Crippen molar-refractivity contribution >= 4 is 11.6 Å². The molecular weight excluding hydrogens is 260 g/mol. The van der Waals surface area contributed by atoms with E-state index in [1.165, 1.54) is 0 Å².